The molecule has 2 aliphatic rings. The van der Waals surface area contributed by atoms with Crippen LogP contribution in [0.25, 0.3) is 0 Å². The second-order valence-electron chi connectivity index (χ2n) is 6.38. The Bertz CT molecular complexity index is 312. The van der Waals surface area contributed by atoms with Gasteiger partial charge in [0, 0.05) is 13.0 Å². The van der Waals surface area contributed by atoms with Crippen LogP contribution in [0.1, 0.15) is 52.9 Å². The van der Waals surface area contributed by atoms with Crippen LogP contribution in [0.5, 0.6) is 0 Å². The van der Waals surface area contributed by atoms with Crippen LogP contribution in [0.15, 0.2) is 11.8 Å². The summed E-state index contributed by atoms with van der Waals surface area (Å²) in [5, 5.41) is 0. The van der Waals surface area contributed by atoms with E-state index >= 15 is 0 Å². The molecule has 2 rings (SSSR count). The van der Waals surface area contributed by atoms with Crippen molar-refractivity contribution in [2.24, 2.45) is 11.1 Å². The fourth-order valence-electron chi connectivity index (χ4n) is 3.10. The molecule has 3 heteroatoms. The van der Waals surface area contributed by atoms with E-state index in [1.165, 1.54) is 12.8 Å². The first kappa shape index (κ1) is 13.9. The second-order valence-corrected chi connectivity index (χ2v) is 6.38. The molecule has 0 spiro atoms. The first-order valence-corrected chi connectivity index (χ1v) is 7.21. The van der Waals surface area contributed by atoms with E-state index in [0.29, 0.717) is 5.41 Å². The summed E-state index contributed by atoms with van der Waals surface area (Å²) < 4.78 is 11.7. The molecule has 1 aliphatic carbocycles. The molecule has 0 aromatic heterocycles. The minimum absolute atomic E-state index is 0.101. The van der Waals surface area contributed by atoms with E-state index in [2.05, 4.69) is 26.8 Å². The first-order valence-electron chi connectivity index (χ1n) is 7.21. The lowest BCUT2D eigenvalue weighted by molar-refractivity contribution is -0.0989. The van der Waals surface area contributed by atoms with Crippen LogP contribution < -0.4 is 5.73 Å². The predicted molar refractivity (Wildman–Crippen MR) is 73.2 cm³/mol. The van der Waals surface area contributed by atoms with Crippen molar-refractivity contribution in [3.63, 3.8) is 0 Å². The maximum absolute atomic E-state index is 6.45. The maximum Gasteiger partial charge on any atom is 0.112 e. The standard InChI is InChI=1S/C15H27NO2/c1-4-18-15(9-7-14(2,3)8-10-15)13(16)12-6-5-11-17-12/h6,13H,4-5,7-11,16H2,1-3H3. The van der Waals surface area contributed by atoms with Crippen LogP contribution in [0.4, 0.5) is 0 Å². The first-order chi connectivity index (χ1) is 8.49. The minimum atomic E-state index is -0.208. The maximum atomic E-state index is 6.45. The molecule has 104 valence electrons. The number of hydrogen-bond donors (Lipinski definition) is 1. The van der Waals surface area contributed by atoms with Gasteiger partial charge in [-0.25, -0.2) is 0 Å². The lowest BCUT2D eigenvalue weighted by Crippen LogP contribution is -2.54. The summed E-state index contributed by atoms with van der Waals surface area (Å²) in [7, 11) is 0. The summed E-state index contributed by atoms with van der Waals surface area (Å²) in [6, 6.07) is -0.101. The van der Waals surface area contributed by atoms with Crippen molar-refractivity contribution in [1.82, 2.24) is 0 Å². The molecule has 18 heavy (non-hydrogen) atoms. The van der Waals surface area contributed by atoms with E-state index in [-0.39, 0.29) is 11.6 Å². The van der Waals surface area contributed by atoms with Gasteiger partial charge in [-0.3, -0.25) is 0 Å². The van der Waals surface area contributed by atoms with Crippen LogP contribution in [0.2, 0.25) is 0 Å². The normalized spacial score (nSPS) is 27.4. The zero-order chi connectivity index (χ0) is 13.2. The summed E-state index contributed by atoms with van der Waals surface area (Å²) in [4.78, 5) is 0. The highest BCUT2D eigenvalue weighted by atomic mass is 16.5. The van der Waals surface area contributed by atoms with E-state index in [9.17, 15) is 0 Å². The van der Waals surface area contributed by atoms with Crippen molar-refractivity contribution >= 4 is 0 Å². The Hall–Kier alpha value is -0.540. The number of hydrogen-bond acceptors (Lipinski definition) is 3. The van der Waals surface area contributed by atoms with Crippen molar-refractivity contribution < 1.29 is 9.47 Å². The van der Waals surface area contributed by atoms with Gasteiger partial charge >= 0.3 is 0 Å². The van der Waals surface area contributed by atoms with Gasteiger partial charge in [0.15, 0.2) is 0 Å². The fraction of sp³-hybridized carbons (Fsp3) is 0.867. The molecular formula is C15H27NO2. The van der Waals surface area contributed by atoms with Crippen molar-refractivity contribution in [2.75, 3.05) is 13.2 Å². The zero-order valence-corrected chi connectivity index (χ0v) is 12.0. The van der Waals surface area contributed by atoms with E-state index in [4.69, 9.17) is 15.2 Å². The molecule has 0 aromatic carbocycles. The third kappa shape index (κ3) is 2.72. The van der Waals surface area contributed by atoms with Crippen LogP contribution in [0, 0.1) is 5.41 Å². The quantitative estimate of drug-likeness (QED) is 0.837. The molecule has 0 bridgehead atoms. The zero-order valence-electron chi connectivity index (χ0n) is 12.0. The summed E-state index contributed by atoms with van der Waals surface area (Å²) in [5.74, 6) is 0.947. The van der Waals surface area contributed by atoms with Gasteiger partial charge in [0.05, 0.1) is 18.2 Å². The average Bonchev–Trinajstić information content (AvgIpc) is 2.85. The van der Waals surface area contributed by atoms with Crippen molar-refractivity contribution in [2.45, 2.75) is 64.5 Å². The summed E-state index contributed by atoms with van der Waals surface area (Å²) in [5.41, 5.74) is 6.66. The van der Waals surface area contributed by atoms with Crippen molar-refractivity contribution in [3.05, 3.63) is 11.8 Å². The molecule has 1 heterocycles. The molecule has 2 N–H and O–H groups in total. The predicted octanol–water partition coefficient (Wildman–Crippen LogP) is 2.99. The molecule has 1 unspecified atom stereocenters. The third-order valence-electron chi connectivity index (χ3n) is 4.49. The van der Waals surface area contributed by atoms with E-state index in [1.54, 1.807) is 0 Å². The van der Waals surface area contributed by atoms with Crippen LogP contribution in [-0.4, -0.2) is 24.9 Å². The molecule has 1 aliphatic heterocycles. The molecule has 0 amide bonds. The highest BCUT2D eigenvalue weighted by Crippen LogP contribution is 2.44. The van der Waals surface area contributed by atoms with Gasteiger partial charge in [-0.2, -0.15) is 0 Å². The minimum Gasteiger partial charge on any atom is -0.496 e. The number of rotatable bonds is 4. The number of nitrogens with two attached hydrogens (primary N) is 1. The second kappa shape index (κ2) is 5.22. The summed E-state index contributed by atoms with van der Waals surface area (Å²) >= 11 is 0. The van der Waals surface area contributed by atoms with Gasteiger partial charge in [0.2, 0.25) is 0 Å². The number of ether oxygens (including phenoxy) is 2. The Morgan fingerprint density at radius 1 is 1.33 bits per heavy atom. The SMILES string of the molecule is CCOC1(C(N)C2=CCCO2)CCC(C)(C)CC1. The molecule has 3 nitrogen and oxygen atoms in total. The van der Waals surface area contributed by atoms with Crippen LogP contribution in [0.3, 0.4) is 0 Å². The molecule has 1 saturated carbocycles. The Balaban J connectivity index is 2.12. The van der Waals surface area contributed by atoms with E-state index < -0.39 is 0 Å². The Kier molecular flexibility index (Phi) is 4.02. The average molecular weight is 253 g/mol. The molecule has 0 aromatic rings. The van der Waals surface area contributed by atoms with Gasteiger partial charge in [-0.1, -0.05) is 13.8 Å². The Morgan fingerprint density at radius 2 is 2.00 bits per heavy atom. The van der Waals surface area contributed by atoms with Crippen molar-refractivity contribution in [3.8, 4) is 0 Å². The van der Waals surface area contributed by atoms with Crippen molar-refractivity contribution in [1.29, 1.82) is 0 Å². The monoisotopic (exact) mass is 253 g/mol. The largest absolute Gasteiger partial charge is 0.496 e. The highest BCUT2D eigenvalue weighted by molar-refractivity contribution is 5.15. The Labute approximate surface area is 111 Å². The van der Waals surface area contributed by atoms with E-state index in [1.807, 2.05) is 0 Å². The fourth-order valence-corrected chi connectivity index (χ4v) is 3.10. The van der Waals surface area contributed by atoms with Gasteiger partial charge in [-0.15, -0.1) is 0 Å². The molecule has 1 fully saturated rings. The van der Waals surface area contributed by atoms with Crippen LogP contribution in [-0.2, 0) is 9.47 Å². The topological polar surface area (TPSA) is 44.5 Å². The van der Waals surface area contributed by atoms with Gasteiger partial charge < -0.3 is 15.2 Å². The lowest BCUT2D eigenvalue weighted by atomic mass is 9.68. The molecular weight excluding hydrogens is 226 g/mol. The summed E-state index contributed by atoms with van der Waals surface area (Å²) in [6.07, 6.45) is 7.54. The summed E-state index contributed by atoms with van der Waals surface area (Å²) in [6.45, 7) is 8.22. The third-order valence-corrected chi connectivity index (χ3v) is 4.49. The molecule has 0 saturated heterocycles. The smallest absolute Gasteiger partial charge is 0.112 e. The van der Waals surface area contributed by atoms with Gasteiger partial charge in [0.1, 0.15) is 5.76 Å². The Morgan fingerprint density at radius 3 is 2.50 bits per heavy atom. The highest BCUT2D eigenvalue weighted by Gasteiger charge is 2.45. The molecule has 1 atom stereocenters. The van der Waals surface area contributed by atoms with Gasteiger partial charge in [-0.05, 0) is 44.1 Å². The van der Waals surface area contributed by atoms with Crippen LogP contribution >= 0.6 is 0 Å². The van der Waals surface area contributed by atoms with E-state index in [0.717, 1.165) is 38.2 Å². The lowest BCUT2D eigenvalue weighted by Gasteiger charge is -2.46. The van der Waals surface area contributed by atoms with Gasteiger partial charge in [0.25, 0.3) is 0 Å². The molecule has 0 radical (unpaired) electrons.